The zero-order chi connectivity index (χ0) is 23.0. The van der Waals surface area contributed by atoms with Gasteiger partial charge in [0.25, 0.3) is 0 Å². The van der Waals surface area contributed by atoms with Crippen LogP contribution >= 0.6 is 11.6 Å². The van der Waals surface area contributed by atoms with Gasteiger partial charge in [0.2, 0.25) is 0 Å². The van der Waals surface area contributed by atoms with Gasteiger partial charge in [-0.2, -0.15) is 13.2 Å². The van der Waals surface area contributed by atoms with Crippen molar-refractivity contribution in [3.8, 4) is 22.9 Å². The number of hydrogen-bond donors (Lipinski definition) is 0. The molecule has 3 rings (SSSR count). The molecule has 31 heavy (non-hydrogen) atoms. The van der Waals surface area contributed by atoms with Gasteiger partial charge in [-0.15, -0.1) is 10.2 Å². The highest BCUT2D eigenvalue weighted by molar-refractivity contribution is 6.32. The lowest BCUT2D eigenvalue weighted by atomic mass is 10.1. The minimum Gasteiger partial charge on any atom is -0.491 e. The number of benzene rings is 1. The van der Waals surface area contributed by atoms with E-state index in [0.29, 0.717) is 30.3 Å². The van der Waals surface area contributed by atoms with Gasteiger partial charge in [-0.3, -0.25) is 4.90 Å². The molecule has 0 fully saturated rings. The van der Waals surface area contributed by atoms with Gasteiger partial charge in [0.1, 0.15) is 5.60 Å². The third kappa shape index (κ3) is 5.52. The zero-order valence-electron chi connectivity index (χ0n) is 17.4. The molecule has 0 bridgehead atoms. The number of halogens is 4. The van der Waals surface area contributed by atoms with E-state index in [2.05, 4.69) is 10.2 Å². The number of amides is 1. The summed E-state index contributed by atoms with van der Waals surface area (Å²) in [5, 5.41) is 8.33. The topological polar surface area (TPSA) is 78.7 Å². The molecule has 0 aliphatic carbocycles. The maximum Gasteiger partial charge on any atom is 0.422 e. The summed E-state index contributed by atoms with van der Waals surface area (Å²) in [7, 11) is 1.28. The molecule has 0 saturated carbocycles. The Balaban J connectivity index is 1.87. The normalized spacial score (nSPS) is 14.3. The lowest BCUT2D eigenvalue weighted by molar-refractivity contribution is -0.153. The number of nitrogens with zero attached hydrogens (tertiary/aromatic N) is 4. The Bertz CT molecular complexity index is 972. The molecule has 2 heterocycles. The molecule has 0 N–H and O–H groups in total. The Labute approximate surface area is 181 Å². The van der Waals surface area contributed by atoms with Crippen molar-refractivity contribution in [3.05, 3.63) is 23.0 Å². The van der Waals surface area contributed by atoms with Gasteiger partial charge in [-0.05, 0) is 32.9 Å². The predicted molar refractivity (Wildman–Crippen MR) is 105 cm³/mol. The maximum absolute atomic E-state index is 12.6. The molecule has 0 atom stereocenters. The molecule has 0 spiro atoms. The molecule has 1 aromatic heterocycles. The number of alkyl halides is 3. The van der Waals surface area contributed by atoms with E-state index in [1.54, 1.807) is 25.3 Å². The Morgan fingerprint density at radius 3 is 2.52 bits per heavy atom. The molecule has 1 aromatic carbocycles. The van der Waals surface area contributed by atoms with E-state index in [9.17, 15) is 18.0 Å². The molecule has 12 heteroatoms. The molecular formula is C19H22ClF3N4O4. The fourth-order valence-electron chi connectivity index (χ4n) is 3.02. The minimum absolute atomic E-state index is 0.0100. The van der Waals surface area contributed by atoms with Gasteiger partial charge >= 0.3 is 12.3 Å². The number of aromatic nitrogens is 3. The first-order chi connectivity index (χ1) is 14.4. The number of hydrogen-bond acceptors (Lipinski definition) is 6. The summed E-state index contributed by atoms with van der Waals surface area (Å²) in [4.78, 5) is 13.8. The van der Waals surface area contributed by atoms with E-state index in [-0.39, 0.29) is 23.1 Å². The first-order valence-electron chi connectivity index (χ1n) is 9.35. The molecule has 2 aromatic rings. The van der Waals surface area contributed by atoms with E-state index < -0.39 is 24.5 Å². The van der Waals surface area contributed by atoms with E-state index in [1.807, 2.05) is 0 Å². The van der Waals surface area contributed by atoms with Gasteiger partial charge in [0.05, 0.1) is 18.7 Å². The number of methoxy groups -OCH3 is 1. The second kappa shape index (κ2) is 8.45. The number of rotatable bonds is 4. The molecular weight excluding hydrogens is 441 g/mol. The van der Waals surface area contributed by atoms with Crippen LogP contribution in [0.5, 0.6) is 11.5 Å². The van der Waals surface area contributed by atoms with Crippen LogP contribution in [0.4, 0.5) is 18.0 Å². The summed E-state index contributed by atoms with van der Waals surface area (Å²) >= 11 is 6.20. The first-order valence-corrected chi connectivity index (χ1v) is 9.73. The van der Waals surface area contributed by atoms with Crippen molar-refractivity contribution in [1.29, 1.82) is 0 Å². The van der Waals surface area contributed by atoms with Crippen molar-refractivity contribution in [2.75, 3.05) is 20.3 Å². The monoisotopic (exact) mass is 462 g/mol. The molecule has 0 saturated heterocycles. The molecule has 170 valence electrons. The number of fused-ring (bicyclic) bond motifs is 1. The maximum atomic E-state index is 12.6. The van der Waals surface area contributed by atoms with E-state index in [1.165, 1.54) is 24.1 Å². The SMILES string of the molecule is COc1c(Cl)cc(-c2nnc3n2CCN(C(=O)OC(C)(C)C)C3)cc1OCC(F)(F)F. The highest BCUT2D eigenvalue weighted by atomic mass is 35.5. The Morgan fingerprint density at radius 1 is 1.19 bits per heavy atom. The van der Waals surface area contributed by atoms with Crippen molar-refractivity contribution < 1.29 is 32.2 Å². The summed E-state index contributed by atoms with van der Waals surface area (Å²) in [5.74, 6) is 0.729. The second-order valence-corrected chi connectivity index (χ2v) is 8.29. The van der Waals surface area contributed by atoms with Crippen LogP contribution in [-0.4, -0.2) is 57.8 Å². The van der Waals surface area contributed by atoms with E-state index in [0.717, 1.165) is 0 Å². The molecule has 1 amide bonds. The summed E-state index contributed by atoms with van der Waals surface area (Å²) in [5.41, 5.74) is -0.215. The quantitative estimate of drug-likeness (QED) is 0.674. The molecule has 1 aliphatic rings. The van der Waals surface area contributed by atoms with Crippen LogP contribution in [0.1, 0.15) is 26.6 Å². The Morgan fingerprint density at radius 2 is 1.90 bits per heavy atom. The van der Waals surface area contributed by atoms with Crippen LogP contribution in [0, 0.1) is 0 Å². The summed E-state index contributed by atoms with van der Waals surface area (Å²) in [6.07, 6.45) is -4.98. The molecule has 0 unspecified atom stereocenters. The summed E-state index contributed by atoms with van der Waals surface area (Å²) < 4.78 is 55.0. The van der Waals surface area contributed by atoms with Crippen molar-refractivity contribution in [3.63, 3.8) is 0 Å². The summed E-state index contributed by atoms with van der Waals surface area (Å²) in [6.45, 7) is 4.76. The van der Waals surface area contributed by atoms with Gasteiger partial charge in [0, 0.05) is 18.7 Å². The van der Waals surface area contributed by atoms with Crippen LogP contribution in [0.25, 0.3) is 11.4 Å². The largest absolute Gasteiger partial charge is 0.491 e. The fourth-order valence-corrected chi connectivity index (χ4v) is 3.30. The van der Waals surface area contributed by atoms with Crippen LogP contribution in [0.2, 0.25) is 5.02 Å². The smallest absolute Gasteiger partial charge is 0.422 e. The third-order valence-electron chi connectivity index (χ3n) is 4.27. The Kier molecular flexibility index (Phi) is 6.26. The highest BCUT2D eigenvalue weighted by Crippen LogP contribution is 2.40. The number of carbonyl (C=O) groups is 1. The average Bonchev–Trinajstić information content (AvgIpc) is 3.07. The molecule has 1 aliphatic heterocycles. The van der Waals surface area contributed by atoms with Gasteiger partial charge < -0.3 is 18.8 Å². The lowest BCUT2D eigenvalue weighted by Gasteiger charge is -2.30. The van der Waals surface area contributed by atoms with Crippen LogP contribution in [0.3, 0.4) is 0 Å². The highest BCUT2D eigenvalue weighted by Gasteiger charge is 2.31. The summed E-state index contributed by atoms with van der Waals surface area (Å²) in [6, 6.07) is 2.88. The van der Waals surface area contributed by atoms with Crippen LogP contribution < -0.4 is 9.47 Å². The molecule has 8 nitrogen and oxygen atoms in total. The van der Waals surface area contributed by atoms with Crippen LogP contribution in [0.15, 0.2) is 12.1 Å². The van der Waals surface area contributed by atoms with Gasteiger partial charge in [-0.1, -0.05) is 11.6 Å². The van der Waals surface area contributed by atoms with Crippen molar-refractivity contribution >= 4 is 17.7 Å². The van der Waals surface area contributed by atoms with Gasteiger partial charge in [-0.25, -0.2) is 4.79 Å². The Hall–Kier alpha value is -2.69. The standard InChI is InChI=1S/C19H22ClF3N4O4/c1-18(2,3)31-17(28)26-5-6-27-14(9-26)24-25-16(27)11-7-12(20)15(29-4)13(8-11)30-10-19(21,22)23/h7-8H,5-6,9-10H2,1-4H3. The first kappa shape index (κ1) is 23.0. The second-order valence-electron chi connectivity index (χ2n) is 7.89. The average molecular weight is 463 g/mol. The van der Waals surface area contributed by atoms with Crippen molar-refractivity contribution in [2.45, 2.75) is 45.6 Å². The number of carbonyl (C=O) groups excluding carboxylic acids is 1. The number of ether oxygens (including phenoxy) is 3. The fraction of sp³-hybridized carbons (Fsp3) is 0.526. The molecule has 0 radical (unpaired) electrons. The predicted octanol–water partition coefficient (Wildman–Crippen LogP) is 4.30. The zero-order valence-corrected chi connectivity index (χ0v) is 18.2. The lowest BCUT2D eigenvalue weighted by Crippen LogP contribution is -2.41. The van der Waals surface area contributed by atoms with E-state index in [4.69, 9.17) is 25.8 Å². The third-order valence-corrected chi connectivity index (χ3v) is 4.55. The van der Waals surface area contributed by atoms with Crippen molar-refractivity contribution in [1.82, 2.24) is 19.7 Å². The minimum atomic E-state index is -4.52. The van der Waals surface area contributed by atoms with Crippen LogP contribution in [-0.2, 0) is 17.8 Å². The van der Waals surface area contributed by atoms with Crippen molar-refractivity contribution in [2.24, 2.45) is 0 Å². The van der Waals surface area contributed by atoms with Gasteiger partial charge in [0.15, 0.2) is 29.8 Å². The van der Waals surface area contributed by atoms with E-state index >= 15 is 0 Å².